The Morgan fingerprint density at radius 1 is 1.00 bits per heavy atom. The lowest BCUT2D eigenvalue weighted by Crippen LogP contribution is -2.54. The van der Waals surface area contributed by atoms with Gasteiger partial charge in [-0.3, -0.25) is 4.79 Å². The first kappa shape index (κ1) is 21.0. The Kier molecular flexibility index (Phi) is 5.61. The molecule has 5 rings (SSSR count). The van der Waals surface area contributed by atoms with E-state index < -0.39 is 5.41 Å². The summed E-state index contributed by atoms with van der Waals surface area (Å²) in [5.41, 5.74) is 2.73. The average Bonchev–Trinajstić information content (AvgIpc) is 3.45. The summed E-state index contributed by atoms with van der Waals surface area (Å²) in [7, 11) is 0. The molecule has 3 aromatic rings. The number of carbonyl (C=O) groups excluding carboxylic acids is 1. The second-order valence-electron chi connectivity index (χ2n) is 8.59. The molecule has 2 aliphatic rings. The van der Waals surface area contributed by atoms with Crippen LogP contribution >= 0.6 is 34.5 Å². The van der Waals surface area contributed by atoms with Gasteiger partial charge in [0.25, 0.3) is 0 Å². The number of rotatable bonds is 3. The predicted octanol–water partition coefficient (Wildman–Crippen LogP) is 6.07. The van der Waals surface area contributed by atoms with Gasteiger partial charge in [-0.25, -0.2) is 4.98 Å². The highest BCUT2D eigenvalue weighted by molar-refractivity contribution is 7.22. The van der Waals surface area contributed by atoms with Crippen molar-refractivity contribution >= 4 is 55.8 Å². The van der Waals surface area contributed by atoms with E-state index in [4.69, 9.17) is 28.2 Å². The molecule has 162 valence electrons. The van der Waals surface area contributed by atoms with Crippen LogP contribution in [0.15, 0.2) is 36.4 Å². The maximum absolute atomic E-state index is 13.7. The fourth-order valence-electron chi connectivity index (χ4n) is 5.00. The van der Waals surface area contributed by atoms with Crippen molar-refractivity contribution in [3.8, 4) is 0 Å². The van der Waals surface area contributed by atoms with Crippen molar-refractivity contribution in [1.29, 1.82) is 0 Å². The van der Waals surface area contributed by atoms with E-state index in [0.29, 0.717) is 5.02 Å². The molecule has 31 heavy (non-hydrogen) atoms. The third kappa shape index (κ3) is 3.71. The first-order chi connectivity index (χ1) is 15.0. The Hall–Kier alpha value is -1.82. The summed E-state index contributed by atoms with van der Waals surface area (Å²) >= 11 is 14.1. The van der Waals surface area contributed by atoms with Crippen molar-refractivity contribution < 1.29 is 4.79 Å². The number of aryl methyl sites for hydroxylation is 1. The van der Waals surface area contributed by atoms with Gasteiger partial charge in [-0.15, -0.1) is 0 Å². The highest BCUT2D eigenvalue weighted by atomic mass is 35.5. The molecule has 4 nitrogen and oxygen atoms in total. The molecule has 1 saturated carbocycles. The summed E-state index contributed by atoms with van der Waals surface area (Å²) in [6.07, 6.45) is 4.04. The third-order valence-electron chi connectivity index (χ3n) is 6.84. The molecule has 1 aliphatic carbocycles. The molecule has 0 bridgehead atoms. The Morgan fingerprint density at radius 2 is 1.68 bits per heavy atom. The topological polar surface area (TPSA) is 36.4 Å². The number of hydrogen-bond acceptors (Lipinski definition) is 4. The molecule has 2 fully saturated rings. The lowest BCUT2D eigenvalue weighted by Gasteiger charge is -2.40. The maximum Gasteiger partial charge on any atom is 0.233 e. The first-order valence-electron chi connectivity index (χ1n) is 10.8. The van der Waals surface area contributed by atoms with E-state index in [1.54, 1.807) is 11.3 Å². The monoisotopic (exact) mass is 473 g/mol. The second kappa shape index (κ2) is 8.27. The zero-order valence-electron chi connectivity index (χ0n) is 17.5. The lowest BCUT2D eigenvalue weighted by molar-refractivity contribution is -0.137. The molecule has 1 amide bonds. The van der Waals surface area contributed by atoms with E-state index in [9.17, 15) is 4.79 Å². The number of hydrogen-bond donors (Lipinski definition) is 0. The number of benzene rings is 2. The van der Waals surface area contributed by atoms with Crippen LogP contribution in [0.5, 0.6) is 0 Å². The standard InChI is InChI=1S/C24H25Cl2N3OS/c1-16-19(26)8-9-20-21(16)27-23(31-20)29-14-12-28(13-15-29)22(30)24(10-2-3-11-24)17-4-6-18(25)7-5-17/h4-9H,2-3,10-15H2,1H3. The summed E-state index contributed by atoms with van der Waals surface area (Å²) in [5, 5.41) is 2.48. The molecule has 1 aromatic heterocycles. The average molecular weight is 474 g/mol. The van der Waals surface area contributed by atoms with Crippen LogP contribution in [-0.4, -0.2) is 42.0 Å². The van der Waals surface area contributed by atoms with E-state index in [1.165, 1.54) is 0 Å². The van der Waals surface area contributed by atoms with Gasteiger partial charge in [-0.2, -0.15) is 0 Å². The molecule has 0 N–H and O–H groups in total. The second-order valence-corrected chi connectivity index (χ2v) is 10.4. The minimum atomic E-state index is -0.392. The van der Waals surface area contributed by atoms with E-state index in [2.05, 4.69) is 9.80 Å². The van der Waals surface area contributed by atoms with Crippen LogP contribution in [0.2, 0.25) is 10.0 Å². The van der Waals surface area contributed by atoms with E-state index in [-0.39, 0.29) is 5.91 Å². The normalized spacial score (nSPS) is 18.7. The number of carbonyl (C=O) groups is 1. The number of piperazine rings is 1. The van der Waals surface area contributed by atoms with Gasteiger partial charge in [0.15, 0.2) is 5.13 Å². The molecule has 0 atom stereocenters. The molecule has 0 unspecified atom stereocenters. The smallest absolute Gasteiger partial charge is 0.233 e. The summed E-state index contributed by atoms with van der Waals surface area (Å²) in [6.45, 7) is 5.07. The quantitative estimate of drug-likeness (QED) is 0.462. The third-order valence-corrected chi connectivity index (χ3v) is 8.58. The van der Waals surface area contributed by atoms with Crippen molar-refractivity contribution in [2.75, 3.05) is 31.1 Å². The lowest BCUT2D eigenvalue weighted by atomic mass is 9.77. The van der Waals surface area contributed by atoms with Crippen LogP contribution in [0.25, 0.3) is 10.2 Å². The minimum Gasteiger partial charge on any atom is -0.345 e. The highest BCUT2D eigenvalue weighted by Gasteiger charge is 2.45. The van der Waals surface area contributed by atoms with Crippen LogP contribution in [0.4, 0.5) is 5.13 Å². The van der Waals surface area contributed by atoms with Crippen molar-refractivity contribution in [3.05, 3.63) is 57.6 Å². The van der Waals surface area contributed by atoms with Crippen LogP contribution in [-0.2, 0) is 10.2 Å². The summed E-state index contributed by atoms with van der Waals surface area (Å²) in [4.78, 5) is 22.9. The molecular weight excluding hydrogens is 449 g/mol. The number of anilines is 1. The first-order valence-corrected chi connectivity index (χ1v) is 12.4. The summed E-state index contributed by atoms with van der Waals surface area (Å²) in [5.74, 6) is 0.277. The molecular formula is C24H25Cl2N3OS. The van der Waals surface area contributed by atoms with Crippen LogP contribution in [0, 0.1) is 6.92 Å². The highest BCUT2D eigenvalue weighted by Crippen LogP contribution is 2.43. The van der Waals surface area contributed by atoms with Gasteiger partial charge in [-0.05, 0) is 55.2 Å². The molecule has 0 radical (unpaired) electrons. The fraction of sp³-hybridized carbons (Fsp3) is 0.417. The zero-order chi connectivity index (χ0) is 21.6. The van der Waals surface area contributed by atoms with Gasteiger partial charge in [0.2, 0.25) is 5.91 Å². The van der Waals surface area contributed by atoms with Crippen LogP contribution < -0.4 is 4.90 Å². The fourth-order valence-corrected chi connectivity index (χ4v) is 6.36. The number of aromatic nitrogens is 1. The number of nitrogens with zero attached hydrogens (tertiary/aromatic N) is 3. The van der Waals surface area contributed by atoms with Crippen molar-refractivity contribution in [1.82, 2.24) is 9.88 Å². The Balaban J connectivity index is 1.33. The Morgan fingerprint density at radius 3 is 2.35 bits per heavy atom. The molecule has 1 saturated heterocycles. The number of thiazole rings is 1. The molecule has 1 aliphatic heterocycles. The van der Waals surface area contributed by atoms with Crippen LogP contribution in [0.3, 0.4) is 0 Å². The molecule has 2 aromatic carbocycles. The summed E-state index contributed by atoms with van der Waals surface area (Å²) < 4.78 is 1.16. The van der Waals surface area contributed by atoms with Gasteiger partial charge in [0.1, 0.15) is 0 Å². The molecule has 0 spiro atoms. The SMILES string of the molecule is Cc1c(Cl)ccc2sc(N3CCN(C(=O)C4(c5ccc(Cl)cc5)CCCC4)CC3)nc12. The van der Waals surface area contributed by atoms with E-state index in [1.807, 2.05) is 43.3 Å². The largest absolute Gasteiger partial charge is 0.345 e. The minimum absolute atomic E-state index is 0.277. The molecule has 2 heterocycles. The van der Waals surface area contributed by atoms with Crippen molar-refractivity contribution in [3.63, 3.8) is 0 Å². The van der Waals surface area contributed by atoms with Gasteiger partial charge in [0.05, 0.1) is 15.6 Å². The Bertz CT molecular complexity index is 1110. The van der Waals surface area contributed by atoms with Gasteiger partial charge >= 0.3 is 0 Å². The zero-order valence-corrected chi connectivity index (χ0v) is 19.9. The van der Waals surface area contributed by atoms with Gasteiger partial charge < -0.3 is 9.80 Å². The summed E-state index contributed by atoms with van der Waals surface area (Å²) in [6, 6.07) is 11.9. The molecule has 7 heteroatoms. The van der Waals surface area contributed by atoms with E-state index in [0.717, 1.165) is 83.4 Å². The predicted molar refractivity (Wildman–Crippen MR) is 130 cm³/mol. The number of fused-ring (bicyclic) bond motifs is 1. The van der Waals surface area contributed by atoms with Crippen molar-refractivity contribution in [2.45, 2.75) is 38.0 Å². The van der Waals surface area contributed by atoms with E-state index >= 15 is 0 Å². The number of halogens is 2. The Labute approximate surface area is 196 Å². The van der Waals surface area contributed by atoms with Gasteiger partial charge in [0, 0.05) is 36.2 Å². The number of amides is 1. The van der Waals surface area contributed by atoms with Crippen LogP contribution in [0.1, 0.15) is 36.8 Å². The van der Waals surface area contributed by atoms with Crippen molar-refractivity contribution in [2.24, 2.45) is 0 Å². The van der Waals surface area contributed by atoms with Gasteiger partial charge in [-0.1, -0.05) is 59.5 Å². The maximum atomic E-state index is 13.7.